The molecule has 0 bridgehead atoms. The molecule has 45 heavy (non-hydrogen) atoms. The van der Waals surface area contributed by atoms with Crippen molar-refractivity contribution < 1.29 is 14.3 Å². The Hall–Kier alpha value is -4.44. The van der Waals surface area contributed by atoms with E-state index < -0.39 is 12.1 Å². The van der Waals surface area contributed by atoms with Gasteiger partial charge in [0.1, 0.15) is 17.7 Å². The van der Waals surface area contributed by atoms with Crippen molar-refractivity contribution in [1.29, 1.82) is 0 Å². The summed E-state index contributed by atoms with van der Waals surface area (Å²) in [4.78, 5) is 44.0. The van der Waals surface area contributed by atoms with Crippen molar-refractivity contribution >= 4 is 12.0 Å². The van der Waals surface area contributed by atoms with E-state index in [-0.39, 0.29) is 23.9 Å². The lowest BCUT2D eigenvalue weighted by atomic mass is 10.0. The number of carbonyl (C=O) groups is 2. The van der Waals surface area contributed by atoms with Crippen LogP contribution >= 0.6 is 0 Å². The van der Waals surface area contributed by atoms with E-state index in [4.69, 9.17) is 9.72 Å². The summed E-state index contributed by atoms with van der Waals surface area (Å²) in [6, 6.07) is 17.5. The number of benzene rings is 2. The van der Waals surface area contributed by atoms with E-state index >= 15 is 0 Å². The third-order valence-corrected chi connectivity index (χ3v) is 10.2. The van der Waals surface area contributed by atoms with Crippen LogP contribution in [-0.2, 0) is 9.53 Å². The SMILES string of the molecule is COC(=O)N[C@H](C(=O)N1C2CC2C[C@H]1c1ncc(-c2ccc(-c3ccc(-c4cnc([C@@H]5CC6CC6N5)[nH]4)cc3)cc2)[nH]1)C(C)C. The summed E-state index contributed by atoms with van der Waals surface area (Å²) in [7, 11) is 1.31. The van der Waals surface area contributed by atoms with E-state index in [0.29, 0.717) is 18.0 Å². The maximum absolute atomic E-state index is 13.7. The summed E-state index contributed by atoms with van der Waals surface area (Å²) >= 11 is 0. The van der Waals surface area contributed by atoms with Gasteiger partial charge in [0.15, 0.2) is 0 Å². The molecule has 2 aromatic heterocycles. The molecule has 0 radical (unpaired) electrons. The van der Waals surface area contributed by atoms with Crippen molar-refractivity contribution in [2.75, 3.05) is 7.11 Å². The number of amides is 2. The standard InChI is InChI=1S/C35H39N7O3/c1-18(2)31(41-35(44)45-3)34(43)42-29-14-24(29)15-30(42)33-37-17-28(40-33)22-10-6-20(7-11-22)19-4-8-21(9-5-19)27-16-36-32(39-27)26-13-23-12-25(23)38-26/h4-11,16-18,23-26,29-31,38H,12-15H2,1-3H3,(H,36,39)(H,37,40)(H,41,44)/t23?,24?,25?,26-,29?,30-,31-/m0/s1. The van der Waals surface area contributed by atoms with Crippen molar-refractivity contribution in [2.24, 2.45) is 17.8 Å². The molecule has 10 nitrogen and oxygen atoms in total. The van der Waals surface area contributed by atoms with Crippen molar-refractivity contribution in [2.45, 2.75) is 69.7 Å². The number of alkyl carbamates (subject to hydrolysis) is 1. The Balaban J connectivity index is 0.949. The van der Waals surface area contributed by atoms with Gasteiger partial charge in [-0.1, -0.05) is 62.4 Å². The normalized spacial score (nSPS) is 26.8. The van der Waals surface area contributed by atoms with Crippen LogP contribution in [0.25, 0.3) is 33.6 Å². The highest BCUT2D eigenvalue weighted by Gasteiger charge is 2.56. The topological polar surface area (TPSA) is 128 Å². The monoisotopic (exact) mass is 605 g/mol. The van der Waals surface area contributed by atoms with E-state index in [1.54, 1.807) is 0 Å². The van der Waals surface area contributed by atoms with Crippen LogP contribution < -0.4 is 10.6 Å². The van der Waals surface area contributed by atoms with Gasteiger partial charge < -0.3 is 30.2 Å². The molecule has 4 aliphatic rings. The molecular weight excluding hydrogens is 566 g/mol. The average molecular weight is 606 g/mol. The predicted octanol–water partition coefficient (Wildman–Crippen LogP) is 5.60. The van der Waals surface area contributed by atoms with Gasteiger partial charge in [0.2, 0.25) is 5.91 Å². The molecule has 4 aromatic rings. The fraction of sp³-hybridized carbons (Fsp3) is 0.429. The molecule has 2 saturated carbocycles. The molecule has 2 amide bonds. The zero-order chi connectivity index (χ0) is 30.8. The molecule has 4 heterocycles. The van der Waals surface area contributed by atoms with Gasteiger partial charge in [0.25, 0.3) is 0 Å². The third kappa shape index (κ3) is 5.20. The number of H-pyrrole nitrogens is 2. The molecule has 4 N–H and O–H groups in total. The number of likely N-dealkylation sites (tertiary alicyclic amines) is 1. The Labute approximate surface area is 262 Å². The Kier molecular flexibility index (Phi) is 6.78. The minimum atomic E-state index is -0.646. The highest BCUT2D eigenvalue weighted by atomic mass is 16.5. The van der Waals surface area contributed by atoms with Gasteiger partial charge in [-0.15, -0.1) is 0 Å². The molecular formula is C35H39N7O3. The molecule has 8 rings (SSSR count). The Bertz CT molecular complexity index is 1720. The lowest BCUT2D eigenvalue weighted by Gasteiger charge is -2.31. The van der Waals surface area contributed by atoms with E-state index in [2.05, 4.69) is 74.1 Å². The summed E-state index contributed by atoms with van der Waals surface area (Å²) in [6.45, 7) is 3.87. The molecule has 232 valence electrons. The first-order valence-corrected chi connectivity index (χ1v) is 16.1. The Morgan fingerprint density at radius 3 is 2.00 bits per heavy atom. The second kappa shape index (κ2) is 10.9. The fourth-order valence-electron chi connectivity index (χ4n) is 7.41. The number of rotatable bonds is 8. The van der Waals surface area contributed by atoms with Crippen LogP contribution in [0.1, 0.15) is 63.3 Å². The maximum atomic E-state index is 13.7. The quantitative estimate of drug-likeness (QED) is 0.207. The number of aromatic amines is 2. The highest BCUT2D eigenvalue weighted by Crippen LogP contribution is 2.53. The first kappa shape index (κ1) is 28.1. The summed E-state index contributed by atoms with van der Waals surface area (Å²) in [5.41, 5.74) is 6.40. The summed E-state index contributed by atoms with van der Waals surface area (Å²) in [5, 5.41) is 6.40. The van der Waals surface area contributed by atoms with Crippen LogP contribution in [0.4, 0.5) is 4.79 Å². The minimum Gasteiger partial charge on any atom is -0.453 e. The fourth-order valence-corrected chi connectivity index (χ4v) is 7.41. The van der Waals surface area contributed by atoms with Crippen LogP contribution in [0.5, 0.6) is 0 Å². The molecule has 0 spiro atoms. The number of nitrogens with zero attached hydrogens (tertiary/aromatic N) is 3. The van der Waals surface area contributed by atoms with Crippen LogP contribution in [-0.4, -0.2) is 62.1 Å². The number of aromatic nitrogens is 4. The number of nitrogens with one attached hydrogen (secondary N) is 4. The number of hydrogen-bond donors (Lipinski definition) is 4. The van der Waals surface area contributed by atoms with Gasteiger partial charge in [-0.3, -0.25) is 4.79 Å². The molecule has 2 aliphatic carbocycles. The van der Waals surface area contributed by atoms with Crippen molar-refractivity contribution in [3.63, 3.8) is 0 Å². The number of ether oxygens (including phenoxy) is 1. The lowest BCUT2D eigenvalue weighted by Crippen LogP contribution is -2.52. The number of hydrogen-bond acceptors (Lipinski definition) is 6. The molecule has 10 heteroatoms. The first-order valence-electron chi connectivity index (χ1n) is 16.1. The smallest absolute Gasteiger partial charge is 0.407 e. The Morgan fingerprint density at radius 1 is 0.822 bits per heavy atom. The van der Waals surface area contributed by atoms with E-state index in [1.807, 2.05) is 31.1 Å². The van der Waals surface area contributed by atoms with Gasteiger partial charge in [-0.25, -0.2) is 14.8 Å². The number of carbonyl (C=O) groups excluding carboxylic acids is 2. The molecule has 2 saturated heterocycles. The largest absolute Gasteiger partial charge is 0.453 e. The number of fused-ring (bicyclic) bond motifs is 2. The second-order valence-corrected chi connectivity index (χ2v) is 13.5. The maximum Gasteiger partial charge on any atom is 0.407 e. The second-order valence-electron chi connectivity index (χ2n) is 13.5. The summed E-state index contributed by atoms with van der Waals surface area (Å²) in [6.07, 6.45) is 7.57. The Morgan fingerprint density at radius 2 is 1.42 bits per heavy atom. The van der Waals surface area contributed by atoms with Crippen LogP contribution in [0.2, 0.25) is 0 Å². The van der Waals surface area contributed by atoms with E-state index in [9.17, 15) is 9.59 Å². The number of methoxy groups -OCH3 is 1. The van der Waals surface area contributed by atoms with Gasteiger partial charge in [-0.05, 0) is 65.7 Å². The molecule has 2 aliphatic heterocycles. The zero-order valence-corrected chi connectivity index (χ0v) is 25.8. The summed E-state index contributed by atoms with van der Waals surface area (Å²) in [5.74, 6) is 3.00. The first-order chi connectivity index (χ1) is 21.9. The average Bonchev–Trinajstić information content (AvgIpc) is 3.62. The van der Waals surface area contributed by atoms with Gasteiger partial charge >= 0.3 is 6.09 Å². The van der Waals surface area contributed by atoms with Crippen molar-refractivity contribution in [3.05, 3.63) is 72.6 Å². The zero-order valence-electron chi connectivity index (χ0n) is 25.8. The van der Waals surface area contributed by atoms with Crippen molar-refractivity contribution in [3.8, 4) is 33.6 Å². The van der Waals surface area contributed by atoms with Crippen LogP contribution in [0.15, 0.2) is 60.9 Å². The van der Waals surface area contributed by atoms with Crippen LogP contribution in [0.3, 0.4) is 0 Å². The van der Waals surface area contributed by atoms with Crippen LogP contribution in [0, 0.1) is 17.8 Å². The molecule has 4 fully saturated rings. The van der Waals surface area contributed by atoms with E-state index in [0.717, 1.165) is 64.1 Å². The van der Waals surface area contributed by atoms with Gasteiger partial charge in [0, 0.05) is 12.1 Å². The van der Waals surface area contributed by atoms with Gasteiger partial charge in [0.05, 0.1) is 43.0 Å². The predicted molar refractivity (Wildman–Crippen MR) is 170 cm³/mol. The minimum absolute atomic E-state index is 0.0696. The number of piperidine rings is 2. The van der Waals surface area contributed by atoms with Gasteiger partial charge in [-0.2, -0.15) is 0 Å². The lowest BCUT2D eigenvalue weighted by molar-refractivity contribution is -0.136. The summed E-state index contributed by atoms with van der Waals surface area (Å²) < 4.78 is 4.78. The van der Waals surface area contributed by atoms with E-state index in [1.165, 1.54) is 20.0 Å². The number of imidazole rings is 2. The molecule has 4 unspecified atom stereocenters. The molecule has 7 atom stereocenters. The van der Waals surface area contributed by atoms with Crippen molar-refractivity contribution in [1.82, 2.24) is 35.5 Å². The molecule has 2 aromatic carbocycles. The highest BCUT2D eigenvalue weighted by molar-refractivity contribution is 5.87. The third-order valence-electron chi connectivity index (χ3n) is 10.2.